The molecule has 0 fully saturated rings. The van der Waals surface area contributed by atoms with Crippen LogP contribution in [0.1, 0.15) is 18.3 Å². The number of esters is 1. The Bertz CT molecular complexity index is 244. The van der Waals surface area contributed by atoms with E-state index in [0.717, 1.165) is 0 Å². The molecule has 0 saturated heterocycles. The Hall–Kier alpha value is -1.36. The molecule has 0 unspecified atom stereocenters. The van der Waals surface area contributed by atoms with Crippen LogP contribution in [0.5, 0.6) is 0 Å². The zero-order valence-electron chi connectivity index (χ0n) is 6.56. The van der Waals surface area contributed by atoms with Crippen molar-refractivity contribution in [2.75, 3.05) is 7.11 Å². The molecule has 1 N–H and O–H groups in total. The topological polar surface area (TPSA) is 72.6 Å². The summed E-state index contributed by atoms with van der Waals surface area (Å²) in [5.41, 5.74) is 0. The van der Waals surface area contributed by atoms with Crippen molar-refractivity contribution in [1.82, 2.24) is 4.98 Å². The molecule has 1 aromatic rings. The maximum atomic E-state index is 10.7. The van der Waals surface area contributed by atoms with Crippen molar-refractivity contribution in [3.05, 3.63) is 18.4 Å². The summed E-state index contributed by atoms with van der Waals surface area (Å²) in [6, 6.07) is 0. The van der Waals surface area contributed by atoms with E-state index < -0.39 is 12.1 Å². The van der Waals surface area contributed by atoms with Crippen molar-refractivity contribution in [3.8, 4) is 0 Å². The standard InChI is InChI=1S/C7H9NO4/c1-11-7(10)2-5(9)6-3-8-4-12-6/h3-5,9H,2H2,1H3/t5-/m1/s1. The maximum absolute atomic E-state index is 10.7. The molecule has 0 aromatic carbocycles. The van der Waals surface area contributed by atoms with Crippen LogP contribution in [-0.4, -0.2) is 23.2 Å². The monoisotopic (exact) mass is 171 g/mol. The summed E-state index contributed by atoms with van der Waals surface area (Å²) < 4.78 is 9.13. The molecule has 0 saturated carbocycles. The molecule has 0 bridgehead atoms. The highest BCUT2D eigenvalue weighted by molar-refractivity contribution is 5.69. The molecular formula is C7H9NO4. The Labute approximate surface area is 69.0 Å². The summed E-state index contributed by atoms with van der Waals surface area (Å²) in [5.74, 6) is -0.223. The Balaban J connectivity index is 2.49. The minimum Gasteiger partial charge on any atom is -0.469 e. The first kappa shape index (κ1) is 8.73. The van der Waals surface area contributed by atoms with Crippen LogP contribution >= 0.6 is 0 Å². The van der Waals surface area contributed by atoms with E-state index in [-0.39, 0.29) is 12.2 Å². The van der Waals surface area contributed by atoms with E-state index in [9.17, 15) is 9.90 Å². The number of aliphatic hydroxyl groups excluding tert-OH is 1. The van der Waals surface area contributed by atoms with Crippen molar-refractivity contribution in [2.24, 2.45) is 0 Å². The number of carbonyl (C=O) groups excluding carboxylic acids is 1. The van der Waals surface area contributed by atoms with Crippen LogP contribution in [0.3, 0.4) is 0 Å². The molecule has 0 aliphatic heterocycles. The zero-order chi connectivity index (χ0) is 8.97. The van der Waals surface area contributed by atoms with Gasteiger partial charge in [0.05, 0.1) is 19.7 Å². The number of oxazole rings is 1. The van der Waals surface area contributed by atoms with Crippen LogP contribution in [-0.2, 0) is 9.53 Å². The lowest BCUT2D eigenvalue weighted by Gasteiger charge is -2.03. The average molecular weight is 171 g/mol. The lowest BCUT2D eigenvalue weighted by atomic mass is 10.2. The fourth-order valence-corrected chi connectivity index (χ4v) is 0.732. The van der Waals surface area contributed by atoms with Gasteiger partial charge >= 0.3 is 5.97 Å². The lowest BCUT2D eigenvalue weighted by Crippen LogP contribution is -2.07. The summed E-state index contributed by atoms with van der Waals surface area (Å²) in [6.45, 7) is 0. The Morgan fingerprint density at radius 3 is 3.17 bits per heavy atom. The van der Waals surface area contributed by atoms with E-state index in [1.165, 1.54) is 19.7 Å². The Morgan fingerprint density at radius 2 is 2.67 bits per heavy atom. The van der Waals surface area contributed by atoms with Crippen LogP contribution in [0, 0.1) is 0 Å². The summed E-state index contributed by atoms with van der Waals surface area (Å²) >= 11 is 0. The fourth-order valence-electron chi connectivity index (χ4n) is 0.732. The second-order valence-corrected chi connectivity index (χ2v) is 2.20. The van der Waals surface area contributed by atoms with E-state index in [1.807, 2.05) is 0 Å². The molecule has 12 heavy (non-hydrogen) atoms. The SMILES string of the molecule is COC(=O)C[C@@H](O)c1cnco1. The largest absolute Gasteiger partial charge is 0.469 e. The van der Waals surface area contributed by atoms with Gasteiger partial charge in [0.2, 0.25) is 0 Å². The fraction of sp³-hybridized carbons (Fsp3) is 0.429. The van der Waals surface area contributed by atoms with Gasteiger partial charge in [-0.2, -0.15) is 0 Å². The van der Waals surface area contributed by atoms with Crippen molar-refractivity contribution in [1.29, 1.82) is 0 Å². The van der Waals surface area contributed by atoms with Crippen molar-refractivity contribution >= 4 is 5.97 Å². The number of aliphatic hydroxyl groups is 1. The summed E-state index contributed by atoms with van der Waals surface area (Å²) in [7, 11) is 1.26. The lowest BCUT2D eigenvalue weighted by molar-refractivity contribution is -0.143. The first-order chi connectivity index (χ1) is 5.74. The Kier molecular flexibility index (Phi) is 2.82. The molecule has 66 valence electrons. The first-order valence-electron chi connectivity index (χ1n) is 3.37. The van der Waals surface area contributed by atoms with Gasteiger partial charge in [0.15, 0.2) is 12.2 Å². The molecule has 0 radical (unpaired) electrons. The van der Waals surface area contributed by atoms with Gasteiger partial charge in [0.1, 0.15) is 6.10 Å². The van der Waals surface area contributed by atoms with E-state index in [1.54, 1.807) is 0 Å². The number of methoxy groups -OCH3 is 1. The van der Waals surface area contributed by atoms with Crippen molar-refractivity contribution in [3.63, 3.8) is 0 Å². The number of ether oxygens (including phenoxy) is 1. The van der Waals surface area contributed by atoms with E-state index >= 15 is 0 Å². The van der Waals surface area contributed by atoms with Gasteiger partial charge in [-0.3, -0.25) is 4.79 Å². The van der Waals surface area contributed by atoms with Gasteiger partial charge in [0.25, 0.3) is 0 Å². The predicted octanol–water partition coefficient (Wildman–Crippen LogP) is 0.271. The maximum Gasteiger partial charge on any atom is 0.308 e. The summed E-state index contributed by atoms with van der Waals surface area (Å²) in [6.07, 6.45) is 1.45. The van der Waals surface area contributed by atoms with Gasteiger partial charge in [-0.15, -0.1) is 0 Å². The van der Waals surface area contributed by atoms with Gasteiger partial charge in [-0.25, -0.2) is 4.98 Å². The highest BCUT2D eigenvalue weighted by Gasteiger charge is 2.15. The van der Waals surface area contributed by atoms with Crippen LogP contribution in [0.4, 0.5) is 0 Å². The van der Waals surface area contributed by atoms with Gasteiger partial charge in [-0.05, 0) is 0 Å². The number of nitrogens with zero attached hydrogens (tertiary/aromatic N) is 1. The number of aromatic nitrogens is 1. The average Bonchev–Trinajstić information content (AvgIpc) is 2.56. The number of hydrogen-bond acceptors (Lipinski definition) is 5. The van der Waals surface area contributed by atoms with Gasteiger partial charge in [0, 0.05) is 0 Å². The quantitative estimate of drug-likeness (QED) is 0.661. The van der Waals surface area contributed by atoms with E-state index in [0.29, 0.717) is 0 Å². The van der Waals surface area contributed by atoms with Crippen LogP contribution in [0.2, 0.25) is 0 Å². The number of carbonyl (C=O) groups is 1. The third-order valence-electron chi connectivity index (χ3n) is 1.37. The third-order valence-corrected chi connectivity index (χ3v) is 1.37. The van der Waals surface area contributed by atoms with E-state index in [2.05, 4.69) is 9.72 Å². The van der Waals surface area contributed by atoms with Gasteiger partial charge < -0.3 is 14.3 Å². The number of hydrogen-bond donors (Lipinski definition) is 1. The molecule has 0 aliphatic carbocycles. The molecule has 1 aromatic heterocycles. The first-order valence-corrected chi connectivity index (χ1v) is 3.37. The van der Waals surface area contributed by atoms with Crippen LogP contribution in [0.15, 0.2) is 17.0 Å². The third kappa shape index (κ3) is 2.06. The van der Waals surface area contributed by atoms with Gasteiger partial charge in [-0.1, -0.05) is 0 Å². The predicted molar refractivity (Wildman–Crippen MR) is 38.1 cm³/mol. The molecule has 0 spiro atoms. The highest BCUT2D eigenvalue weighted by Crippen LogP contribution is 2.15. The molecule has 1 rings (SSSR count). The molecule has 0 aliphatic rings. The minimum absolute atomic E-state index is 0.119. The smallest absolute Gasteiger partial charge is 0.308 e. The van der Waals surface area contributed by atoms with E-state index in [4.69, 9.17) is 4.42 Å². The highest BCUT2D eigenvalue weighted by atomic mass is 16.5. The summed E-state index contributed by atoms with van der Waals surface area (Å²) in [4.78, 5) is 14.3. The summed E-state index contributed by atoms with van der Waals surface area (Å²) in [5, 5.41) is 9.28. The van der Waals surface area contributed by atoms with Crippen molar-refractivity contribution in [2.45, 2.75) is 12.5 Å². The second kappa shape index (κ2) is 3.87. The molecular weight excluding hydrogens is 162 g/mol. The van der Waals surface area contributed by atoms with Crippen molar-refractivity contribution < 1.29 is 19.1 Å². The second-order valence-electron chi connectivity index (χ2n) is 2.20. The molecule has 1 heterocycles. The molecule has 0 amide bonds. The minimum atomic E-state index is -0.972. The Morgan fingerprint density at radius 1 is 1.92 bits per heavy atom. The normalized spacial score (nSPS) is 12.5. The molecule has 5 heteroatoms. The molecule has 5 nitrogen and oxygen atoms in total. The molecule has 1 atom stereocenters. The van der Waals surface area contributed by atoms with Crippen LogP contribution in [0.25, 0.3) is 0 Å². The van der Waals surface area contributed by atoms with Crippen LogP contribution < -0.4 is 0 Å². The zero-order valence-corrected chi connectivity index (χ0v) is 6.56. The number of rotatable bonds is 3.